The van der Waals surface area contributed by atoms with Crippen LogP contribution in [0.2, 0.25) is 5.02 Å². The van der Waals surface area contributed by atoms with Crippen LogP contribution in [0.3, 0.4) is 0 Å². The van der Waals surface area contributed by atoms with Crippen molar-refractivity contribution in [2.24, 2.45) is 0 Å². The average molecular weight is 453 g/mol. The molecule has 0 atom stereocenters. The largest absolute Gasteiger partial charge is 0.305 e. The van der Waals surface area contributed by atoms with Gasteiger partial charge in [-0.15, -0.1) is 11.3 Å². The molecule has 0 bridgehead atoms. The number of hydrazine groups is 1. The Kier molecular flexibility index (Phi) is 5.50. The third-order valence-corrected chi connectivity index (χ3v) is 5.73. The summed E-state index contributed by atoms with van der Waals surface area (Å²) in [6.07, 6.45) is 0.735. The van der Waals surface area contributed by atoms with Gasteiger partial charge in [0, 0.05) is 23.9 Å². The molecule has 0 unspecified atom stereocenters. The molecule has 0 spiro atoms. The van der Waals surface area contributed by atoms with E-state index in [0.717, 1.165) is 22.0 Å². The molecule has 8 nitrogen and oxygen atoms in total. The van der Waals surface area contributed by atoms with Gasteiger partial charge in [-0.25, -0.2) is 18.8 Å². The fourth-order valence-electron chi connectivity index (χ4n) is 3.01. The molecule has 12 heteroatoms. The van der Waals surface area contributed by atoms with Crippen molar-refractivity contribution in [3.8, 4) is 0 Å². The van der Waals surface area contributed by atoms with Gasteiger partial charge in [0.1, 0.15) is 5.69 Å². The summed E-state index contributed by atoms with van der Waals surface area (Å²) in [5.74, 6) is -3.55. The Morgan fingerprint density at radius 1 is 1.23 bits per heavy atom. The molecule has 1 aliphatic rings. The Morgan fingerprint density at radius 3 is 2.80 bits per heavy atom. The quantitative estimate of drug-likeness (QED) is 0.528. The van der Waals surface area contributed by atoms with E-state index in [9.17, 15) is 18.4 Å². The second-order valence-electron chi connectivity index (χ2n) is 6.58. The summed E-state index contributed by atoms with van der Waals surface area (Å²) in [5.41, 5.74) is 3.71. The zero-order valence-electron chi connectivity index (χ0n) is 15.6. The summed E-state index contributed by atoms with van der Waals surface area (Å²) in [5, 5.41) is 11.3. The summed E-state index contributed by atoms with van der Waals surface area (Å²) in [7, 11) is 0. The Balaban J connectivity index is 1.40. The summed E-state index contributed by atoms with van der Waals surface area (Å²) < 4.78 is 26.5. The van der Waals surface area contributed by atoms with Gasteiger partial charge < -0.3 is 5.32 Å². The molecule has 2 amide bonds. The summed E-state index contributed by atoms with van der Waals surface area (Å²) in [6, 6.07) is 2.73. The molecule has 1 aromatic carbocycles. The van der Waals surface area contributed by atoms with E-state index < -0.39 is 23.4 Å². The fraction of sp³-hybridized carbons (Fsp3) is 0.222. The Bertz CT molecular complexity index is 1150. The van der Waals surface area contributed by atoms with Crippen LogP contribution in [0.5, 0.6) is 0 Å². The number of fused-ring (bicyclic) bond motifs is 1. The number of aryl methyl sites for hydroxylation is 1. The highest BCUT2D eigenvalue weighted by atomic mass is 35.5. The van der Waals surface area contributed by atoms with Crippen LogP contribution < -0.4 is 10.7 Å². The molecule has 1 aliphatic heterocycles. The van der Waals surface area contributed by atoms with Crippen LogP contribution in [0.1, 0.15) is 36.4 Å². The number of halogens is 3. The molecule has 4 rings (SSSR count). The number of hydrogen-bond donors (Lipinski definition) is 3. The van der Waals surface area contributed by atoms with Gasteiger partial charge in [-0.1, -0.05) is 11.6 Å². The lowest BCUT2D eigenvalue weighted by molar-refractivity contribution is 0.0759. The van der Waals surface area contributed by atoms with E-state index in [0.29, 0.717) is 25.2 Å². The molecule has 0 aliphatic carbocycles. The van der Waals surface area contributed by atoms with E-state index in [1.54, 1.807) is 16.3 Å². The second-order valence-corrected chi connectivity index (χ2v) is 8.28. The molecule has 2 aromatic heterocycles. The Hall–Kier alpha value is -2.89. The van der Waals surface area contributed by atoms with Crippen LogP contribution in [-0.4, -0.2) is 38.5 Å². The second kappa shape index (κ2) is 8.09. The SMILES string of the molecule is Cc1nc2c(s1)CN(NC(=O)c1cc(NC(=O)c3cc(F)c(F)cc3Cl)n[nH]1)CC2. The van der Waals surface area contributed by atoms with E-state index in [-0.39, 0.29) is 22.1 Å². The van der Waals surface area contributed by atoms with Crippen molar-refractivity contribution in [2.45, 2.75) is 19.9 Å². The highest BCUT2D eigenvalue weighted by Crippen LogP contribution is 2.24. The van der Waals surface area contributed by atoms with Crippen molar-refractivity contribution >= 4 is 40.6 Å². The maximum absolute atomic E-state index is 13.4. The number of aromatic nitrogens is 3. The van der Waals surface area contributed by atoms with Gasteiger partial charge in [-0.2, -0.15) is 5.10 Å². The Labute approximate surface area is 178 Å². The molecule has 0 radical (unpaired) electrons. The number of carbonyl (C=O) groups is 2. The predicted octanol–water partition coefficient (Wildman–Crippen LogP) is 3.06. The summed E-state index contributed by atoms with van der Waals surface area (Å²) in [6.45, 7) is 3.12. The van der Waals surface area contributed by atoms with Crippen LogP contribution in [0.4, 0.5) is 14.6 Å². The number of nitrogens with zero attached hydrogens (tertiary/aromatic N) is 3. The van der Waals surface area contributed by atoms with Gasteiger partial charge in [0.2, 0.25) is 0 Å². The predicted molar refractivity (Wildman–Crippen MR) is 106 cm³/mol. The van der Waals surface area contributed by atoms with Crippen LogP contribution in [-0.2, 0) is 13.0 Å². The van der Waals surface area contributed by atoms with Crippen molar-refractivity contribution in [1.82, 2.24) is 25.6 Å². The van der Waals surface area contributed by atoms with E-state index in [2.05, 4.69) is 25.9 Å². The number of carbonyl (C=O) groups excluding carboxylic acids is 2. The highest BCUT2D eigenvalue weighted by Gasteiger charge is 2.23. The molecule has 3 N–H and O–H groups in total. The topological polar surface area (TPSA) is 103 Å². The minimum Gasteiger partial charge on any atom is -0.305 e. The van der Waals surface area contributed by atoms with E-state index in [1.807, 2.05) is 6.92 Å². The lowest BCUT2D eigenvalue weighted by Gasteiger charge is -2.25. The fourth-order valence-corrected chi connectivity index (χ4v) is 4.24. The minimum atomic E-state index is -1.20. The molecule has 0 saturated carbocycles. The number of aromatic amines is 1. The normalized spacial score (nSPS) is 13.7. The summed E-state index contributed by atoms with van der Waals surface area (Å²) in [4.78, 5) is 30.3. The smallest absolute Gasteiger partial charge is 0.283 e. The number of nitrogens with one attached hydrogen (secondary N) is 3. The number of hydrogen-bond acceptors (Lipinski definition) is 6. The number of benzene rings is 1. The van der Waals surface area contributed by atoms with Crippen molar-refractivity contribution in [3.05, 3.63) is 61.7 Å². The number of amides is 2. The number of rotatable bonds is 4. The first kappa shape index (κ1) is 20.4. The lowest BCUT2D eigenvalue weighted by Crippen LogP contribution is -2.44. The molecule has 3 heterocycles. The van der Waals surface area contributed by atoms with Gasteiger partial charge in [0.15, 0.2) is 17.5 Å². The first-order valence-corrected chi connectivity index (χ1v) is 10.0. The lowest BCUT2D eigenvalue weighted by atomic mass is 10.2. The van der Waals surface area contributed by atoms with Gasteiger partial charge in [0.25, 0.3) is 11.8 Å². The molecular weight excluding hydrogens is 438 g/mol. The van der Waals surface area contributed by atoms with Crippen molar-refractivity contribution in [2.75, 3.05) is 11.9 Å². The van der Waals surface area contributed by atoms with Gasteiger partial charge in [-0.3, -0.25) is 20.1 Å². The molecule has 30 heavy (non-hydrogen) atoms. The standard InChI is InChI=1S/C18H15ClF2N6O2S/c1-8-22-13-2-3-27(7-15(13)30-8)26-18(29)14-6-16(25-24-14)23-17(28)9-4-11(20)12(21)5-10(9)19/h4-6H,2-3,7H2,1H3,(H,26,29)(H2,23,24,25,28). The molecular formula is C18H15ClF2N6O2S. The molecule has 0 saturated heterocycles. The first-order valence-electron chi connectivity index (χ1n) is 8.82. The average Bonchev–Trinajstić information content (AvgIpc) is 3.29. The van der Waals surface area contributed by atoms with Crippen molar-refractivity contribution in [1.29, 1.82) is 0 Å². The molecule has 0 fully saturated rings. The van der Waals surface area contributed by atoms with Gasteiger partial charge in [-0.05, 0) is 19.1 Å². The first-order chi connectivity index (χ1) is 14.3. The van der Waals surface area contributed by atoms with Crippen LogP contribution in [0.25, 0.3) is 0 Å². The maximum atomic E-state index is 13.4. The zero-order chi connectivity index (χ0) is 21.4. The number of H-pyrrole nitrogens is 1. The van der Waals surface area contributed by atoms with E-state index in [1.165, 1.54) is 6.07 Å². The van der Waals surface area contributed by atoms with E-state index in [4.69, 9.17) is 11.6 Å². The van der Waals surface area contributed by atoms with Gasteiger partial charge >= 0.3 is 0 Å². The third-order valence-electron chi connectivity index (χ3n) is 4.42. The van der Waals surface area contributed by atoms with E-state index >= 15 is 0 Å². The number of thiazole rings is 1. The highest BCUT2D eigenvalue weighted by molar-refractivity contribution is 7.11. The summed E-state index contributed by atoms with van der Waals surface area (Å²) >= 11 is 7.39. The van der Waals surface area contributed by atoms with Crippen molar-refractivity contribution in [3.63, 3.8) is 0 Å². The maximum Gasteiger partial charge on any atom is 0.283 e. The van der Waals surface area contributed by atoms with Crippen LogP contribution in [0, 0.1) is 18.6 Å². The molecule has 3 aromatic rings. The van der Waals surface area contributed by atoms with Crippen LogP contribution >= 0.6 is 22.9 Å². The zero-order valence-corrected chi connectivity index (χ0v) is 17.1. The van der Waals surface area contributed by atoms with Gasteiger partial charge in [0.05, 0.1) is 27.8 Å². The van der Waals surface area contributed by atoms with Crippen LogP contribution in [0.15, 0.2) is 18.2 Å². The number of anilines is 1. The molecule has 156 valence electrons. The monoisotopic (exact) mass is 452 g/mol. The third kappa shape index (κ3) is 4.18. The minimum absolute atomic E-state index is 0.0324. The Morgan fingerprint density at radius 2 is 2.00 bits per heavy atom. The van der Waals surface area contributed by atoms with Crippen molar-refractivity contribution < 1.29 is 18.4 Å².